The van der Waals surface area contributed by atoms with E-state index in [0.717, 1.165) is 29.8 Å². The van der Waals surface area contributed by atoms with Crippen molar-refractivity contribution < 1.29 is 26.7 Å². The number of nitrogens with zero attached hydrogens (tertiary/aromatic N) is 2. The molecule has 0 spiro atoms. The lowest BCUT2D eigenvalue weighted by Gasteiger charge is -2.18. The topological polar surface area (TPSA) is 82.8 Å². The third-order valence-corrected chi connectivity index (χ3v) is 5.25. The van der Waals surface area contributed by atoms with Crippen LogP contribution in [-0.4, -0.2) is 34.1 Å². The Morgan fingerprint density at radius 1 is 1.30 bits per heavy atom. The van der Waals surface area contributed by atoms with E-state index in [9.17, 15) is 26.7 Å². The number of carbonyl (C=O) groups excluding carboxylic acids is 1. The van der Waals surface area contributed by atoms with E-state index in [1.807, 2.05) is 0 Å². The van der Waals surface area contributed by atoms with Gasteiger partial charge in [0.2, 0.25) is 0 Å². The number of amides is 1. The minimum atomic E-state index is -5.84. The van der Waals surface area contributed by atoms with Crippen molar-refractivity contribution in [1.29, 1.82) is 5.41 Å². The summed E-state index contributed by atoms with van der Waals surface area (Å²) in [5, 5.41) is 16.6. The number of hydrogen-bond donors (Lipinski definition) is 3. The molecule has 1 saturated carbocycles. The number of hydrogen-bond acceptors (Lipinski definition) is 4. The van der Waals surface area contributed by atoms with Crippen LogP contribution in [0.25, 0.3) is 11.6 Å². The zero-order chi connectivity index (χ0) is 24.6. The Balaban J connectivity index is 1.95. The molecule has 2 aromatic rings. The van der Waals surface area contributed by atoms with Gasteiger partial charge in [0.05, 0.1) is 10.6 Å². The van der Waals surface area contributed by atoms with Gasteiger partial charge in [-0.25, -0.2) is 0 Å². The number of aryl methyl sites for hydroxylation is 1. The number of benzene rings is 1. The van der Waals surface area contributed by atoms with E-state index < -0.39 is 23.4 Å². The largest absolute Gasteiger partial charge is 0.459 e. The summed E-state index contributed by atoms with van der Waals surface area (Å²) in [4.78, 5) is 12.4. The molecule has 6 nitrogen and oxygen atoms in total. The van der Waals surface area contributed by atoms with Crippen molar-refractivity contribution in [3.63, 3.8) is 0 Å². The number of alkyl halides is 5. The summed E-state index contributed by atoms with van der Waals surface area (Å²) in [7, 11) is 1.19. The molecule has 1 heterocycles. The maximum Gasteiger partial charge on any atom is 0.459 e. The predicted molar refractivity (Wildman–Crippen MR) is 116 cm³/mol. The van der Waals surface area contributed by atoms with Crippen molar-refractivity contribution in [2.24, 2.45) is 7.05 Å². The van der Waals surface area contributed by atoms with Crippen LogP contribution >= 0.6 is 11.6 Å². The Kier molecular flexibility index (Phi) is 6.64. The summed E-state index contributed by atoms with van der Waals surface area (Å²) < 4.78 is 67.2. The molecule has 3 N–H and O–H groups in total. The molecule has 12 heteroatoms. The summed E-state index contributed by atoms with van der Waals surface area (Å²) in [6, 6.07) is 4.56. The molecule has 1 fully saturated rings. The average molecular weight is 488 g/mol. The van der Waals surface area contributed by atoms with Gasteiger partial charge in [0.1, 0.15) is 5.82 Å². The van der Waals surface area contributed by atoms with Gasteiger partial charge in [-0.2, -0.15) is 27.1 Å². The standard InChI is InChI=1S/C21H19ClF5N5O/c1-3-14-17(20(23,24)21(25,26)27)31-32(2)18(14)29-10-12(9-28)11-4-7-16(22)15(8-11)19(33)30-13-5-6-13/h3-4,7-10,13,28-29H,1,5-6H2,2H3,(H,30,33)/b12-10+,28-9?. The zero-order valence-electron chi connectivity index (χ0n) is 17.2. The third kappa shape index (κ3) is 4.92. The molecule has 0 radical (unpaired) electrons. The predicted octanol–water partition coefficient (Wildman–Crippen LogP) is 5.37. The van der Waals surface area contributed by atoms with Gasteiger partial charge in [0.15, 0.2) is 5.69 Å². The van der Waals surface area contributed by atoms with Gasteiger partial charge < -0.3 is 16.0 Å². The molecule has 3 rings (SSSR count). The van der Waals surface area contributed by atoms with E-state index in [4.69, 9.17) is 17.0 Å². The average Bonchev–Trinajstić information content (AvgIpc) is 3.49. The highest BCUT2D eigenvalue weighted by molar-refractivity contribution is 6.34. The molecule has 1 aliphatic carbocycles. The van der Waals surface area contributed by atoms with Crippen LogP contribution in [0.4, 0.5) is 27.8 Å². The molecule has 1 aromatic carbocycles. The fourth-order valence-electron chi connectivity index (χ4n) is 3.00. The summed E-state index contributed by atoms with van der Waals surface area (Å²) in [6.07, 6.45) is -1.10. The van der Waals surface area contributed by atoms with Gasteiger partial charge in [-0.05, 0) is 30.5 Å². The van der Waals surface area contributed by atoms with Crippen LogP contribution in [0, 0.1) is 5.41 Å². The lowest BCUT2D eigenvalue weighted by atomic mass is 10.0. The summed E-state index contributed by atoms with van der Waals surface area (Å²) in [6.45, 7) is 3.32. The highest BCUT2D eigenvalue weighted by atomic mass is 35.5. The van der Waals surface area contributed by atoms with Crippen LogP contribution in [0.1, 0.15) is 40.0 Å². The highest BCUT2D eigenvalue weighted by Crippen LogP contribution is 2.46. The number of halogens is 6. The minimum Gasteiger partial charge on any atom is -0.349 e. The zero-order valence-corrected chi connectivity index (χ0v) is 18.0. The van der Waals surface area contributed by atoms with Gasteiger partial charge in [0.25, 0.3) is 5.91 Å². The molecule has 33 heavy (non-hydrogen) atoms. The molecule has 0 unspecified atom stereocenters. The van der Waals surface area contributed by atoms with Gasteiger partial charge in [-0.15, -0.1) is 0 Å². The second kappa shape index (κ2) is 8.97. The fourth-order valence-corrected chi connectivity index (χ4v) is 3.20. The van der Waals surface area contributed by atoms with Gasteiger partial charge >= 0.3 is 12.1 Å². The molecule has 1 amide bonds. The Bertz CT molecular complexity index is 1130. The van der Waals surface area contributed by atoms with Crippen LogP contribution in [-0.2, 0) is 13.0 Å². The minimum absolute atomic E-state index is 0.0998. The Hall–Kier alpha value is -3.21. The molecule has 1 aliphatic rings. The van der Waals surface area contributed by atoms with E-state index in [1.54, 1.807) is 0 Å². The monoisotopic (exact) mass is 487 g/mol. The first-order valence-electron chi connectivity index (χ1n) is 9.63. The number of aromatic nitrogens is 2. The summed E-state index contributed by atoms with van der Waals surface area (Å²) in [5.74, 6) is -5.76. The van der Waals surface area contributed by atoms with Crippen LogP contribution in [0.15, 0.2) is 31.0 Å². The molecule has 176 valence electrons. The Labute approximate surface area is 190 Å². The molecular weight excluding hydrogens is 469 g/mol. The van der Waals surface area contributed by atoms with E-state index in [-0.39, 0.29) is 33.9 Å². The van der Waals surface area contributed by atoms with Crippen LogP contribution < -0.4 is 10.6 Å². The van der Waals surface area contributed by atoms with E-state index in [2.05, 4.69) is 22.3 Å². The second-order valence-corrected chi connectivity index (χ2v) is 7.75. The van der Waals surface area contributed by atoms with Crippen molar-refractivity contribution in [2.75, 3.05) is 5.32 Å². The Morgan fingerprint density at radius 2 is 1.97 bits per heavy atom. The number of nitrogens with one attached hydrogen (secondary N) is 3. The van der Waals surface area contributed by atoms with Gasteiger partial charge in [-0.3, -0.25) is 9.48 Å². The second-order valence-electron chi connectivity index (χ2n) is 7.34. The first kappa shape index (κ1) is 24.4. The number of allylic oxidation sites excluding steroid dienone is 1. The SMILES string of the molecule is C=Cc1c(C(F)(F)C(F)(F)F)nn(C)c1N/C=C(\C=N)c1ccc(Cl)c(C(=O)NC2CC2)c1. The first-order chi connectivity index (χ1) is 15.4. The lowest BCUT2D eigenvalue weighted by Crippen LogP contribution is -2.34. The normalized spacial score (nSPS) is 14.7. The number of anilines is 1. The third-order valence-electron chi connectivity index (χ3n) is 4.92. The smallest absolute Gasteiger partial charge is 0.349 e. The molecule has 0 bridgehead atoms. The summed E-state index contributed by atoms with van der Waals surface area (Å²) >= 11 is 6.12. The first-order valence-corrected chi connectivity index (χ1v) is 10.0. The molecule has 0 aliphatic heterocycles. The molecular formula is C21H19ClF5N5O. The summed E-state index contributed by atoms with van der Waals surface area (Å²) in [5.41, 5.74) is -1.25. The molecule has 0 saturated heterocycles. The van der Waals surface area contributed by atoms with E-state index in [0.29, 0.717) is 5.56 Å². The Morgan fingerprint density at radius 3 is 2.52 bits per heavy atom. The van der Waals surface area contributed by atoms with E-state index in [1.165, 1.54) is 31.4 Å². The number of carbonyl (C=O) groups is 1. The maximum atomic E-state index is 13.9. The van der Waals surface area contributed by atoms with Crippen molar-refractivity contribution in [2.45, 2.75) is 31.0 Å². The van der Waals surface area contributed by atoms with Gasteiger partial charge in [-0.1, -0.05) is 30.3 Å². The van der Waals surface area contributed by atoms with Crippen molar-refractivity contribution in [3.8, 4) is 0 Å². The van der Waals surface area contributed by atoms with Crippen LogP contribution in [0.3, 0.4) is 0 Å². The maximum absolute atomic E-state index is 13.9. The van der Waals surface area contributed by atoms with E-state index >= 15 is 0 Å². The molecule has 0 atom stereocenters. The molecule has 1 aromatic heterocycles. The lowest BCUT2D eigenvalue weighted by molar-refractivity contribution is -0.291. The fraction of sp³-hybridized carbons (Fsp3) is 0.286. The van der Waals surface area contributed by atoms with Gasteiger partial charge in [0, 0.05) is 36.6 Å². The van der Waals surface area contributed by atoms with Crippen molar-refractivity contribution in [1.82, 2.24) is 15.1 Å². The highest BCUT2D eigenvalue weighted by Gasteiger charge is 2.61. The number of rotatable bonds is 8. The van der Waals surface area contributed by atoms with Crippen molar-refractivity contribution >= 4 is 41.2 Å². The quantitative estimate of drug-likeness (QED) is 0.346. The van der Waals surface area contributed by atoms with Crippen LogP contribution in [0.5, 0.6) is 0 Å². The van der Waals surface area contributed by atoms with Crippen LogP contribution in [0.2, 0.25) is 5.02 Å². The van der Waals surface area contributed by atoms with Crippen molar-refractivity contribution in [3.05, 3.63) is 58.4 Å².